The third kappa shape index (κ3) is 2.23. The molecule has 0 fully saturated rings. The van der Waals surface area contributed by atoms with Gasteiger partial charge in [-0.15, -0.1) is 0 Å². The summed E-state index contributed by atoms with van der Waals surface area (Å²) in [5.41, 5.74) is 2.15. The predicted octanol–water partition coefficient (Wildman–Crippen LogP) is 2.46. The van der Waals surface area contributed by atoms with Crippen molar-refractivity contribution in [1.29, 1.82) is 0 Å². The van der Waals surface area contributed by atoms with Crippen LogP contribution in [0.4, 0.5) is 0 Å². The summed E-state index contributed by atoms with van der Waals surface area (Å²) in [5.74, 6) is 2.77. The van der Waals surface area contributed by atoms with E-state index in [2.05, 4.69) is 37.7 Å². The predicted molar refractivity (Wildman–Crippen MR) is 73.9 cm³/mol. The second-order valence-electron chi connectivity index (χ2n) is 4.68. The molecule has 1 N–H and O–H groups in total. The SMILES string of the molecule is CCCc1n[nH]c(Cn2c(C)nc3ccccc32)n1. The lowest BCUT2D eigenvalue weighted by molar-refractivity contribution is 0.740. The Labute approximate surface area is 111 Å². The second-order valence-corrected chi connectivity index (χ2v) is 4.68. The first-order valence-corrected chi connectivity index (χ1v) is 6.60. The average molecular weight is 255 g/mol. The summed E-state index contributed by atoms with van der Waals surface area (Å²) in [6.07, 6.45) is 1.98. The summed E-state index contributed by atoms with van der Waals surface area (Å²) in [6, 6.07) is 8.15. The first kappa shape index (κ1) is 11.9. The summed E-state index contributed by atoms with van der Waals surface area (Å²) < 4.78 is 2.16. The largest absolute Gasteiger partial charge is 0.320 e. The number of para-hydroxylation sites is 2. The fraction of sp³-hybridized carbons (Fsp3) is 0.357. The molecule has 0 unspecified atom stereocenters. The van der Waals surface area contributed by atoms with Crippen molar-refractivity contribution < 1.29 is 0 Å². The molecule has 0 aliphatic heterocycles. The molecule has 0 bridgehead atoms. The van der Waals surface area contributed by atoms with E-state index in [1.54, 1.807) is 0 Å². The summed E-state index contributed by atoms with van der Waals surface area (Å²) >= 11 is 0. The Morgan fingerprint density at radius 2 is 2.05 bits per heavy atom. The average Bonchev–Trinajstić information content (AvgIpc) is 2.96. The third-order valence-corrected chi connectivity index (χ3v) is 3.20. The number of fused-ring (bicyclic) bond motifs is 1. The molecule has 0 amide bonds. The number of aromatic amines is 1. The maximum absolute atomic E-state index is 4.55. The van der Waals surface area contributed by atoms with Crippen LogP contribution in [-0.2, 0) is 13.0 Å². The number of hydrogen-bond donors (Lipinski definition) is 1. The molecule has 1 aromatic carbocycles. The number of nitrogens with one attached hydrogen (secondary N) is 1. The molecule has 98 valence electrons. The van der Waals surface area contributed by atoms with E-state index >= 15 is 0 Å². The van der Waals surface area contributed by atoms with Crippen LogP contribution in [0.25, 0.3) is 11.0 Å². The van der Waals surface area contributed by atoms with Gasteiger partial charge in [-0.25, -0.2) is 9.97 Å². The van der Waals surface area contributed by atoms with Gasteiger partial charge in [-0.1, -0.05) is 19.1 Å². The monoisotopic (exact) mass is 255 g/mol. The highest BCUT2D eigenvalue weighted by molar-refractivity contribution is 5.75. The Kier molecular flexibility index (Phi) is 3.03. The van der Waals surface area contributed by atoms with Crippen LogP contribution < -0.4 is 0 Å². The van der Waals surface area contributed by atoms with Gasteiger partial charge in [-0.2, -0.15) is 5.10 Å². The van der Waals surface area contributed by atoms with Crippen molar-refractivity contribution in [2.45, 2.75) is 33.2 Å². The van der Waals surface area contributed by atoms with Crippen LogP contribution in [0.5, 0.6) is 0 Å². The molecular formula is C14H17N5. The molecule has 0 atom stereocenters. The highest BCUT2D eigenvalue weighted by Gasteiger charge is 2.09. The van der Waals surface area contributed by atoms with E-state index in [9.17, 15) is 0 Å². The molecule has 5 nitrogen and oxygen atoms in total. The minimum atomic E-state index is 0.684. The maximum Gasteiger partial charge on any atom is 0.150 e. The smallest absolute Gasteiger partial charge is 0.150 e. The van der Waals surface area contributed by atoms with Gasteiger partial charge in [0, 0.05) is 6.42 Å². The van der Waals surface area contributed by atoms with Crippen LogP contribution in [0.3, 0.4) is 0 Å². The summed E-state index contributed by atoms with van der Waals surface area (Å²) in [5, 5.41) is 7.24. The van der Waals surface area contributed by atoms with Crippen LogP contribution in [0, 0.1) is 6.92 Å². The van der Waals surface area contributed by atoms with E-state index in [0.29, 0.717) is 6.54 Å². The van der Waals surface area contributed by atoms with Crippen LogP contribution in [0.2, 0.25) is 0 Å². The lowest BCUT2D eigenvalue weighted by atomic mass is 10.3. The molecule has 0 aliphatic carbocycles. The van der Waals surface area contributed by atoms with E-state index in [1.807, 2.05) is 25.1 Å². The van der Waals surface area contributed by atoms with Gasteiger partial charge < -0.3 is 4.57 Å². The standard InChI is InChI=1S/C14H17N5/c1-3-6-13-16-14(18-17-13)9-19-10(2)15-11-7-4-5-8-12(11)19/h4-5,7-8H,3,6,9H2,1-2H3,(H,16,17,18). The lowest BCUT2D eigenvalue weighted by Gasteiger charge is -2.03. The van der Waals surface area contributed by atoms with Crippen molar-refractivity contribution in [2.75, 3.05) is 0 Å². The van der Waals surface area contributed by atoms with Crippen molar-refractivity contribution >= 4 is 11.0 Å². The molecule has 0 saturated heterocycles. The first-order valence-electron chi connectivity index (χ1n) is 6.60. The number of aryl methyl sites for hydroxylation is 2. The third-order valence-electron chi connectivity index (χ3n) is 3.20. The molecule has 3 rings (SSSR count). The molecule has 5 heteroatoms. The highest BCUT2D eigenvalue weighted by Crippen LogP contribution is 2.16. The lowest BCUT2D eigenvalue weighted by Crippen LogP contribution is -2.03. The minimum Gasteiger partial charge on any atom is -0.320 e. The second kappa shape index (κ2) is 4.84. The van der Waals surface area contributed by atoms with E-state index in [1.165, 1.54) is 0 Å². The Morgan fingerprint density at radius 1 is 1.21 bits per heavy atom. The van der Waals surface area contributed by atoms with Gasteiger partial charge in [0.2, 0.25) is 0 Å². The van der Waals surface area contributed by atoms with E-state index < -0.39 is 0 Å². The van der Waals surface area contributed by atoms with Gasteiger partial charge in [0.15, 0.2) is 5.82 Å². The van der Waals surface area contributed by atoms with Crippen molar-refractivity contribution in [1.82, 2.24) is 24.7 Å². The topological polar surface area (TPSA) is 59.4 Å². The molecular weight excluding hydrogens is 238 g/mol. The molecule has 2 aromatic heterocycles. The Balaban J connectivity index is 1.93. The molecule has 0 aliphatic rings. The van der Waals surface area contributed by atoms with Crippen LogP contribution in [-0.4, -0.2) is 24.7 Å². The van der Waals surface area contributed by atoms with Crippen LogP contribution in [0.1, 0.15) is 30.8 Å². The number of benzene rings is 1. The van der Waals surface area contributed by atoms with Crippen molar-refractivity contribution in [3.63, 3.8) is 0 Å². The number of hydrogen-bond acceptors (Lipinski definition) is 3. The normalized spacial score (nSPS) is 11.3. The zero-order chi connectivity index (χ0) is 13.2. The van der Waals surface area contributed by atoms with Gasteiger partial charge in [0.1, 0.15) is 11.6 Å². The molecule has 0 saturated carbocycles. The van der Waals surface area contributed by atoms with E-state index in [-0.39, 0.29) is 0 Å². The molecule has 19 heavy (non-hydrogen) atoms. The number of aromatic nitrogens is 5. The van der Waals surface area contributed by atoms with Crippen molar-refractivity contribution in [3.05, 3.63) is 41.7 Å². The molecule has 2 heterocycles. The molecule has 0 radical (unpaired) electrons. The van der Waals surface area contributed by atoms with Crippen LogP contribution >= 0.6 is 0 Å². The Morgan fingerprint density at radius 3 is 2.89 bits per heavy atom. The Bertz CT molecular complexity index is 695. The zero-order valence-corrected chi connectivity index (χ0v) is 11.2. The summed E-state index contributed by atoms with van der Waals surface area (Å²) in [4.78, 5) is 9.06. The van der Waals surface area contributed by atoms with Crippen LogP contribution in [0.15, 0.2) is 24.3 Å². The van der Waals surface area contributed by atoms with Gasteiger partial charge in [0.05, 0.1) is 17.6 Å². The Hall–Kier alpha value is -2.17. The van der Waals surface area contributed by atoms with E-state index in [4.69, 9.17) is 0 Å². The molecule has 0 spiro atoms. The maximum atomic E-state index is 4.55. The van der Waals surface area contributed by atoms with Gasteiger partial charge >= 0.3 is 0 Å². The van der Waals surface area contributed by atoms with Crippen molar-refractivity contribution in [3.8, 4) is 0 Å². The number of rotatable bonds is 4. The van der Waals surface area contributed by atoms with Crippen molar-refractivity contribution in [2.24, 2.45) is 0 Å². The summed E-state index contributed by atoms with van der Waals surface area (Å²) in [6.45, 7) is 4.83. The number of H-pyrrole nitrogens is 1. The quantitative estimate of drug-likeness (QED) is 0.779. The summed E-state index contributed by atoms with van der Waals surface area (Å²) in [7, 11) is 0. The zero-order valence-electron chi connectivity index (χ0n) is 11.2. The minimum absolute atomic E-state index is 0.684. The fourth-order valence-electron chi connectivity index (χ4n) is 2.29. The highest BCUT2D eigenvalue weighted by atomic mass is 15.2. The first-order chi connectivity index (χ1) is 9.28. The molecule has 3 aromatic rings. The van der Waals surface area contributed by atoms with E-state index in [0.717, 1.165) is 41.3 Å². The van der Waals surface area contributed by atoms with Gasteiger partial charge in [-0.3, -0.25) is 5.10 Å². The number of nitrogens with zero attached hydrogens (tertiary/aromatic N) is 4. The fourth-order valence-corrected chi connectivity index (χ4v) is 2.29. The number of imidazole rings is 1. The van der Waals surface area contributed by atoms with Gasteiger partial charge in [0.25, 0.3) is 0 Å². The van der Waals surface area contributed by atoms with Gasteiger partial charge in [-0.05, 0) is 25.5 Å².